The van der Waals surface area contributed by atoms with Crippen LogP contribution in [0, 0.1) is 0 Å². The molecule has 0 radical (unpaired) electrons. The second-order valence-corrected chi connectivity index (χ2v) is 5.57. The Labute approximate surface area is 134 Å². The molecule has 0 aliphatic rings. The first-order chi connectivity index (χ1) is 10.2. The van der Waals surface area contributed by atoms with Crippen molar-refractivity contribution in [2.24, 2.45) is 0 Å². The third-order valence-electron chi connectivity index (χ3n) is 3.38. The number of aromatic nitrogens is 2. The zero-order chi connectivity index (χ0) is 14.8. The number of benzene rings is 2. The molecule has 0 aliphatic carbocycles. The first-order valence-electron chi connectivity index (χ1n) is 6.78. The van der Waals surface area contributed by atoms with Crippen molar-refractivity contribution in [3.05, 3.63) is 70.5 Å². The molecule has 2 aromatic carbocycles. The summed E-state index contributed by atoms with van der Waals surface area (Å²) in [5.41, 5.74) is 3.10. The number of para-hydroxylation sites is 1. The van der Waals surface area contributed by atoms with Crippen molar-refractivity contribution >= 4 is 23.2 Å². The van der Waals surface area contributed by atoms with Crippen molar-refractivity contribution in [3.8, 4) is 17.1 Å². The zero-order valence-corrected chi connectivity index (χ0v) is 13.1. The molecule has 0 spiro atoms. The molecule has 4 heteroatoms. The second kappa shape index (κ2) is 5.92. The SMILES string of the molecule is CCc1cnc(-c2ccc(Cl)cc2Cl)n1-c1ccccc1. The lowest BCUT2D eigenvalue weighted by molar-refractivity contribution is 0.941. The van der Waals surface area contributed by atoms with Gasteiger partial charge in [-0.15, -0.1) is 0 Å². The first-order valence-corrected chi connectivity index (χ1v) is 7.53. The van der Waals surface area contributed by atoms with Crippen molar-refractivity contribution < 1.29 is 0 Å². The van der Waals surface area contributed by atoms with E-state index >= 15 is 0 Å². The van der Waals surface area contributed by atoms with Crippen LogP contribution in [0.25, 0.3) is 17.1 Å². The maximum atomic E-state index is 6.34. The van der Waals surface area contributed by atoms with Crippen LogP contribution < -0.4 is 0 Å². The van der Waals surface area contributed by atoms with Gasteiger partial charge in [-0.05, 0) is 36.8 Å². The smallest absolute Gasteiger partial charge is 0.146 e. The highest BCUT2D eigenvalue weighted by Gasteiger charge is 2.15. The van der Waals surface area contributed by atoms with Crippen LogP contribution in [0.2, 0.25) is 10.0 Å². The van der Waals surface area contributed by atoms with Crippen LogP contribution in [0.1, 0.15) is 12.6 Å². The number of nitrogens with zero attached hydrogens (tertiary/aromatic N) is 2. The van der Waals surface area contributed by atoms with E-state index in [2.05, 4.69) is 28.6 Å². The fourth-order valence-electron chi connectivity index (χ4n) is 2.36. The Balaban J connectivity index is 2.22. The molecule has 0 amide bonds. The Bertz CT molecular complexity index is 764. The summed E-state index contributed by atoms with van der Waals surface area (Å²) >= 11 is 12.3. The average Bonchev–Trinajstić information content (AvgIpc) is 2.92. The number of aryl methyl sites for hydroxylation is 1. The Morgan fingerprint density at radius 1 is 1.05 bits per heavy atom. The van der Waals surface area contributed by atoms with Crippen LogP contribution in [0.4, 0.5) is 0 Å². The van der Waals surface area contributed by atoms with Gasteiger partial charge in [0.05, 0.1) is 5.02 Å². The molecule has 2 nitrogen and oxygen atoms in total. The van der Waals surface area contributed by atoms with Gasteiger partial charge in [0, 0.05) is 28.2 Å². The molecule has 1 aromatic heterocycles. The van der Waals surface area contributed by atoms with Crippen molar-refractivity contribution in [3.63, 3.8) is 0 Å². The minimum atomic E-state index is 0.605. The molecular formula is C17H14Cl2N2. The Morgan fingerprint density at radius 2 is 1.81 bits per heavy atom. The van der Waals surface area contributed by atoms with E-state index < -0.39 is 0 Å². The largest absolute Gasteiger partial charge is 0.297 e. The molecule has 21 heavy (non-hydrogen) atoms. The zero-order valence-electron chi connectivity index (χ0n) is 11.6. The van der Waals surface area contributed by atoms with Crippen molar-refractivity contribution in [1.29, 1.82) is 0 Å². The molecule has 1 heterocycles. The summed E-state index contributed by atoms with van der Waals surface area (Å²) in [6.07, 6.45) is 2.79. The summed E-state index contributed by atoms with van der Waals surface area (Å²) < 4.78 is 2.13. The number of hydrogen-bond donors (Lipinski definition) is 0. The van der Waals surface area contributed by atoms with Crippen LogP contribution in [0.15, 0.2) is 54.7 Å². The molecule has 0 fully saturated rings. The fourth-order valence-corrected chi connectivity index (χ4v) is 2.86. The quantitative estimate of drug-likeness (QED) is 0.631. The highest BCUT2D eigenvalue weighted by atomic mass is 35.5. The molecule has 0 unspecified atom stereocenters. The highest BCUT2D eigenvalue weighted by molar-refractivity contribution is 6.36. The predicted molar refractivity (Wildman–Crippen MR) is 88.4 cm³/mol. The molecule has 0 atom stereocenters. The third-order valence-corrected chi connectivity index (χ3v) is 3.93. The van der Waals surface area contributed by atoms with Gasteiger partial charge in [0.25, 0.3) is 0 Å². The van der Waals surface area contributed by atoms with Crippen molar-refractivity contribution in [1.82, 2.24) is 9.55 Å². The summed E-state index contributed by atoms with van der Waals surface area (Å²) in [6.45, 7) is 2.11. The molecule has 0 N–H and O–H groups in total. The molecule has 0 saturated heterocycles. The minimum absolute atomic E-state index is 0.605. The molecular weight excluding hydrogens is 303 g/mol. The van der Waals surface area contributed by atoms with Gasteiger partial charge in [-0.2, -0.15) is 0 Å². The maximum Gasteiger partial charge on any atom is 0.146 e. The lowest BCUT2D eigenvalue weighted by atomic mass is 10.2. The Kier molecular flexibility index (Phi) is 4.00. The van der Waals surface area contributed by atoms with Gasteiger partial charge in [0.2, 0.25) is 0 Å². The topological polar surface area (TPSA) is 17.8 Å². The van der Waals surface area contributed by atoms with E-state index in [1.807, 2.05) is 36.5 Å². The maximum absolute atomic E-state index is 6.34. The fraction of sp³-hybridized carbons (Fsp3) is 0.118. The Hall–Kier alpha value is -1.77. The van der Waals surface area contributed by atoms with E-state index in [1.54, 1.807) is 6.07 Å². The van der Waals surface area contributed by atoms with Gasteiger partial charge in [0.15, 0.2) is 0 Å². The van der Waals surface area contributed by atoms with Crippen LogP contribution in [-0.2, 0) is 6.42 Å². The van der Waals surface area contributed by atoms with E-state index in [4.69, 9.17) is 23.2 Å². The van der Waals surface area contributed by atoms with Gasteiger partial charge >= 0.3 is 0 Å². The monoisotopic (exact) mass is 316 g/mol. The summed E-state index contributed by atoms with van der Waals surface area (Å²) in [5.74, 6) is 0.833. The van der Waals surface area contributed by atoms with Gasteiger partial charge in [0.1, 0.15) is 5.82 Å². The van der Waals surface area contributed by atoms with Gasteiger partial charge in [-0.25, -0.2) is 4.98 Å². The molecule has 3 aromatic rings. The normalized spacial score (nSPS) is 10.8. The standard InChI is InChI=1S/C17H14Cl2N2/c1-2-13-11-20-17(15-9-8-12(18)10-16(15)19)21(13)14-6-4-3-5-7-14/h3-11H,2H2,1H3. The molecule has 0 aliphatic heterocycles. The molecule has 0 saturated carbocycles. The second-order valence-electron chi connectivity index (χ2n) is 4.72. The number of halogens is 2. The lowest BCUT2D eigenvalue weighted by Gasteiger charge is -2.12. The van der Waals surface area contributed by atoms with Crippen LogP contribution in [0.3, 0.4) is 0 Å². The predicted octanol–water partition coefficient (Wildman–Crippen LogP) is 5.41. The average molecular weight is 317 g/mol. The first kappa shape index (κ1) is 14.2. The van der Waals surface area contributed by atoms with Crippen LogP contribution in [0.5, 0.6) is 0 Å². The van der Waals surface area contributed by atoms with Crippen LogP contribution >= 0.6 is 23.2 Å². The summed E-state index contributed by atoms with van der Waals surface area (Å²) in [4.78, 5) is 4.56. The van der Waals surface area contributed by atoms with Crippen molar-refractivity contribution in [2.45, 2.75) is 13.3 Å². The number of imidazole rings is 1. The molecule has 3 rings (SSSR count). The third kappa shape index (κ3) is 2.69. The number of rotatable bonds is 3. The molecule has 106 valence electrons. The van der Waals surface area contributed by atoms with E-state index in [0.717, 1.165) is 29.2 Å². The summed E-state index contributed by atoms with van der Waals surface area (Å²) in [6, 6.07) is 15.6. The minimum Gasteiger partial charge on any atom is -0.297 e. The lowest BCUT2D eigenvalue weighted by Crippen LogP contribution is -2.01. The van der Waals surface area contributed by atoms with Gasteiger partial charge in [-0.1, -0.05) is 48.3 Å². The Morgan fingerprint density at radius 3 is 2.48 bits per heavy atom. The van der Waals surface area contributed by atoms with Gasteiger partial charge in [-0.3, -0.25) is 4.57 Å². The summed E-state index contributed by atoms with van der Waals surface area (Å²) in [5, 5.41) is 1.23. The van der Waals surface area contributed by atoms with E-state index in [-0.39, 0.29) is 0 Å². The van der Waals surface area contributed by atoms with E-state index in [9.17, 15) is 0 Å². The van der Waals surface area contributed by atoms with E-state index in [1.165, 1.54) is 0 Å². The van der Waals surface area contributed by atoms with Crippen LogP contribution in [-0.4, -0.2) is 9.55 Å². The number of hydrogen-bond acceptors (Lipinski definition) is 1. The van der Waals surface area contributed by atoms with Gasteiger partial charge < -0.3 is 0 Å². The molecule has 0 bridgehead atoms. The summed E-state index contributed by atoms with van der Waals surface area (Å²) in [7, 11) is 0. The van der Waals surface area contributed by atoms with E-state index in [0.29, 0.717) is 10.0 Å². The highest BCUT2D eigenvalue weighted by Crippen LogP contribution is 2.32. The van der Waals surface area contributed by atoms with Crippen molar-refractivity contribution in [2.75, 3.05) is 0 Å².